The number of ether oxygens (including phenoxy) is 2. The predicted octanol–water partition coefficient (Wildman–Crippen LogP) is 0.343. The standard InChI is InChI=1S/C22H30N4O5/c1-24-9-11-25(12-10-24)20(28)14-26-8-7-22(6-5-19(26)27)15-23-21(29)17-4-3-16(30-2)13-18(17)31-22/h3-4,13H,5-12,14-15H2,1-2H3,(H,23,29). The van der Waals surface area contributed by atoms with Gasteiger partial charge in [-0.05, 0) is 25.6 Å². The van der Waals surface area contributed by atoms with Crippen molar-refractivity contribution in [3.05, 3.63) is 23.8 Å². The molecule has 3 aliphatic heterocycles. The third-order valence-electron chi connectivity index (χ3n) is 6.50. The number of benzene rings is 1. The molecule has 9 heteroatoms. The summed E-state index contributed by atoms with van der Waals surface area (Å²) in [5, 5.41) is 2.94. The maximum atomic E-state index is 12.8. The second kappa shape index (κ2) is 8.74. The van der Waals surface area contributed by atoms with Crippen LogP contribution in [0.25, 0.3) is 0 Å². The van der Waals surface area contributed by atoms with Gasteiger partial charge < -0.3 is 29.5 Å². The Hall–Kier alpha value is -2.81. The van der Waals surface area contributed by atoms with Gasteiger partial charge in [-0.1, -0.05) is 0 Å². The summed E-state index contributed by atoms with van der Waals surface area (Å²) >= 11 is 0. The van der Waals surface area contributed by atoms with E-state index in [9.17, 15) is 14.4 Å². The minimum absolute atomic E-state index is 0.0115. The van der Waals surface area contributed by atoms with E-state index in [1.807, 2.05) is 11.9 Å². The van der Waals surface area contributed by atoms with E-state index < -0.39 is 5.60 Å². The summed E-state index contributed by atoms with van der Waals surface area (Å²) in [5.41, 5.74) is -0.246. The Morgan fingerprint density at radius 1 is 1.16 bits per heavy atom. The largest absolute Gasteiger partial charge is 0.497 e. The van der Waals surface area contributed by atoms with Crippen molar-refractivity contribution in [2.75, 3.05) is 60.0 Å². The number of piperazine rings is 1. The molecule has 0 radical (unpaired) electrons. The highest BCUT2D eigenvalue weighted by Gasteiger charge is 2.41. The third kappa shape index (κ3) is 4.61. The third-order valence-corrected chi connectivity index (χ3v) is 6.50. The zero-order chi connectivity index (χ0) is 22.0. The van der Waals surface area contributed by atoms with Crippen molar-refractivity contribution < 1.29 is 23.9 Å². The number of fused-ring (bicyclic) bond motifs is 1. The molecule has 3 amide bonds. The molecular weight excluding hydrogens is 400 g/mol. The number of rotatable bonds is 3. The Balaban J connectivity index is 1.46. The van der Waals surface area contributed by atoms with Gasteiger partial charge in [0.1, 0.15) is 17.1 Å². The summed E-state index contributed by atoms with van der Waals surface area (Å²) < 4.78 is 11.6. The van der Waals surface area contributed by atoms with Gasteiger partial charge in [0.05, 0.1) is 25.8 Å². The molecule has 4 rings (SSSR count). The Morgan fingerprint density at radius 3 is 2.68 bits per heavy atom. The van der Waals surface area contributed by atoms with Crippen molar-refractivity contribution in [1.29, 1.82) is 0 Å². The highest BCUT2D eigenvalue weighted by Crippen LogP contribution is 2.35. The molecule has 1 unspecified atom stereocenters. The fourth-order valence-electron chi connectivity index (χ4n) is 4.35. The fourth-order valence-corrected chi connectivity index (χ4v) is 4.35. The first kappa shape index (κ1) is 21.4. The summed E-state index contributed by atoms with van der Waals surface area (Å²) in [7, 11) is 3.60. The van der Waals surface area contributed by atoms with Crippen molar-refractivity contribution in [3.8, 4) is 11.5 Å². The van der Waals surface area contributed by atoms with Gasteiger partial charge in [0, 0.05) is 51.6 Å². The molecule has 1 spiro atoms. The van der Waals surface area contributed by atoms with E-state index in [2.05, 4.69) is 10.2 Å². The zero-order valence-electron chi connectivity index (χ0n) is 18.2. The number of carbonyl (C=O) groups is 3. The van der Waals surface area contributed by atoms with Crippen LogP contribution in [0.3, 0.4) is 0 Å². The van der Waals surface area contributed by atoms with Crippen LogP contribution in [-0.2, 0) is 9.59 Å². The van der Waals surface area contributed by atoms with E-state index in [0.717, 1.165) is 13.1 Å². The maximum Gasteiger partial charge on any atom is 0.255 e. The lowest BCUT2D eigenvalue weighted by molar-refractivity contribution is -0.141. The minimum Gasteiger partial charge on any atom is -0.497 e. The molecule has 1 atom stereocenters. The van der Waals surface area contributed by atoms with Crippen LogP contribution in [-0.4, -0.2) is 98.0 Å². The normalized spacial score (nSPS) is 24.7. The van der Waals surface area contributed by atoms with Crippen molar-refractivity contribution >= 4 is 17.7 Å². The number of methoxy groups -OCH3 is 1. The Labute approximate surface area is 182 Å². The second-order valence-corrected chi connectivity index (χ2v) is 8.58. The molecule has 9 nitrogen and oxygen atoms in total. The van der Waals surface area contributed by atoms with Gasteiger partial charge >= 0.3 is 0 Å². The number of amides is 3. The van der Waals surface area contributed by atoms with E-state index in [0.29, 0.717) is 56.1 Å². The number of carbonyl (C=O) groups excluding carboxylic acids is 3. The summed E-state index contributed by atoms with van der Waals surface area (Å²) in [6.45, 7) is 3.89. The number of likely N-dealkylation sites (N-methyl/N-ethyl adjacent to an activating group) is 1. The molecule has 1 N–H and O–H groups in total. The van der Waals surface area contributed by atoms with Crippen LogP contribution in [0.15, 0.2) is 18.2 Å². The van der Waals surface area contributed by atoms with Crippen molar-refractivity contribution in [2.24, 2.45) is 0 Å². The highest BCUT2D eigenvalue weighted by molar-refractivity contribution is 5.97. The van der Waals surface area contributed by atoms with Crippen molar-refractivity contribution in [2.45, 2.75) is 24.9 Å². The Bertz CT molecular complexity index is 867. The summed E-state index contributed by atoms with van der Waals surface area (Å²) in [5.74, 6) is 0.802. The lowest BCUT2D eigenvalue weighted by Crippen LogP contribution is -2.51. The average Bonchev–Trinajstić information content (AvgIpc) is 3.01. The number of nitrogens with one attached hydrogen (secondary N) is 1. The van der Waals surface area contributed by atoms with Crippen LogP contribution in [0.2, 0.25) is 0 Å². The highest BCUT2D eigenvalue weighted by atomic mass is 16.5. The van der Waals surface area contributed by atoms with Gasteiger partial charge in [-0.15, -0.1) is 0 Å². The fraction of sp³-hybridized carbons (Fsp3) is 0.591. The molecule has 2 fully saturated rings. The second-order valence-electron chi connectivity index (χ2n) is 8.58. The van der Waals surface area contributed by atoms with E-state index >= 15 is 0 Å². The molecular formula is C22H30N4O5. The topological polar surface area (TPSA) is 91.4 Å². The van der Waals surface area contributed by atoms with Gasteiger partial charge in [-0.2, -0.15) is 0 Å². The molecule has 168 valence electrons. The van der Waals surface area contributed by atoms with Crippen LogP contribution in [0.4, 0.5) is 0 Å². The van der Waals surface area contributed by atoms with E-state index in [1.165, 1.54) is 0 Å². The maximum absolute atomic E-state index is 12.8. The van der Waals surface area contributed by atoms with Gasteiger partial charge in [0.15, 0.2) is 0 Å². The quantitative estimate of drug-likeness (QED) is 0.744. The number of nitrogens with zero attached hydrogens (tertiary/aromatic N) is 3. The van der Waals surface area contributed by atoms with E-state index in [1.54, 1.807) is 30.2 Å². The van der Waals surface area contributed by atoms with E-state index in [4.69, 9.17) is 9.47 Å². The molecule has 0 aromatic heterocycles. The van der Waals surface area contributed by atoms with Crippen LogP contribution < -0.4 is 14.8 Å². The first-order chi connectivity index (χ1) is 14.9. The van der Waals surface area contributed by atoms with Crippen LogP contribution in [0, 0.1) is 0 Å². The number of hydrogen-bond acceptors (Lipinski definition) is 6. The first-order valence-electron chi connectivity index (χ1n) is 10.8. The Morgan fingerprint density at radius 2 is 1.94 bits per heavy atom. The molecule has 0 aliphatic carbocycles. The summed E-state index contributed by atoms with van der Waals surface area (Å²) in [6.07, 6.45) is 1.28. The van der Waals surface area contributed by atoms with Crippen LogP contribution in [0.1, 0.15) is 29.6 Å². The van der Waals surface area contributed by atoms with Gasteiger partial charge in [0.25, 0.3) is 5.91 Å². The minimum atomic E-state index is -0.700. The molecule has 1 aromatic carbocycles. The zero-order valence-corrected chi connectivity index (χ0v) is 18.2. The van der Waals surface area contributed by atoms with Crippen molar-refractivity contribution in [1.82, 2.24) is 20.0 Å². The molecule has 1 aromatic rings. The SMILES string of the molecule is COc1ccc2c(c1)OC1(CCC(=O)N(CC(=O)N3CCN(C)CC3)CC1)CNC2=O. The van der Waals surface area contributed by atoms with E-state index in [-0.39, 0.29) is 30.7 Å². The molecule has 0 saturated carbocycles. The number of hydrogen-bond donors (Lipinski definition) is 1. The summed E-state index contributed by atoms with van der Waals surface area (Å²) in [4.78, 5) is 43.7. The summed E-state index contributed by atoms with van der Waals surface area (Å²) in [6, 6.07) is 5.12. The van der Waals surface area contributed by atoms with Crippen molar-refractivity contribution in [3.63, 3.8) is 0 Å². The molecule has 31 heavy (non-hydrogen) atoms. The first-order valence-corrected chi connectivity index (χ1v) is 10.8. The van der Waals surface area contributed by atoms with Gasteiger partial charge in [-0.3, -0.25) is 14.4 Å². The lowest BCUT2D eigenvalue weighted by Gasteiger charge is -2.34. The molecule has 3 heterocycles. The lowest BCUT2D eigenvalue weighted by atomic mass is 9.94. The monoisotopic (exact) mass is 430 g/mol. The smallest absolute Gasteiger partial charge is 0.255 e. The Kier molecular flexibility index (Phi) is 6.04. The van der Waals surface area contributed by atoms with Crippen LogP contribution in [0.5, 0.6) is 11.5 Å². The molecule has 2 saturated heterocycles. The average molecular weight is 431 g/mol. The molecule has 0 bridgehead atoms. The molecule has 3 aliphatic rings. The predicted molar refractivity (Wildman–Crippen MR) is 113 cm³/mol. The van der Waals surface area contributed by atoms with Gasteiger partial charge in [0.2, 0.25) is 11.8 Å². The van der Waals surface area contributed by atoms with Gasteiger partial charge in [-0.25, -0.2) is 0 Å². The van der Waals surface area contributed by atoms with Crippen LogP contribution >= 0.6 is 0 Å². The number of likely N-dealkylation sites (tertiary alicyclic amines) is 1.